The Bertz CT molecular complexity index is 481. The van der Waals surface area contributed by atoms with Crippen LogP contribution < -0.4 is 4.90 Å². The van der Waals surface area contributed by atoms with Gasteiger partial charge in [0.05, 0.1) is 24.1 Å². The molecule has 2 saturated heterocycles. The number of aromatic nitrogens is 2. The van der Waals surface area contributed by atoms with E-state index in [2.05, 4.69) is 33.9 Å². The highest BCUT2D eigenvalue weighted by molar-refractivity contribution is 5.32. The summed E-state index contributed by atoms with van der Waals surface area (Å²) in [4.78, 5) is 12.5. The second-order valence-corrected chi connectivity index (χ2v) is 6.45. The third kappa shape index (κ3) is 3.32. The van der Waals surface area contributed by atoms with E-state index in [0.29, 0.717) is 12.1 Å². The number of nitrogens with zero attached hydrogens (tertiary/aromatic N) is 4. The molecule has 0 N–H and O–H groups in total. The van der Waals surface area contributed by atoms with Crippen LogP contribution in [0.5, 0.6) is 0 Å². The zero-order chi connectivity index (χ0) is 14.9. The maximum absolute atomic E-state index is 12.9. The molecule has 1 aromatic rings. The Morgan fingerprint density at radius 3 is 2.86 bits per heavy atom. The lowest BCUT2D eigenvalue weighted by Crippen LogP contribution is -2.46. The fraction of sp³-hybridized carbons (Fsp3) is 0.733. The Labute approximate surface area is 125 Å². The summed E-state index contributed by atoms with van der Waals surface area (Å²) in [7, 11) is 4.16. The summed E-state index contributed by atoms with van der Waals surface area (Å²) in [5.74, 6) is 0.208. The van der Waals surface area contributed by atoms with Crippen LogP contribution in [0, 0.1) is 5.82 Å². The average molecular weight is 294 g/mol. The molecule has 6 heteroatoms. The van der Waals surface area contributed by atoms with Crippen molar-refractivity contribution in [2.45, 2.75) is 37.4 Å². The van der Waals surface area contributed by atoms with E-state index >= 15 is 0 Å². The molecule has 0 aromatic carbocycles. The van der Waals surface area contributed by atoms with Crippen LogP contribution in [0.1, 0.15) is 25.7 Å². The van der Waals surface area contributed by atoms with Gasteiger partial charge in [-0.25, -0.2) is 14.4 Å². The third-order valence-electron chi connectivity index (χ3n) is 4.35. The molecule has 3 rings (SSSR count). The molecule has 0 aliphatic carbocycles. The molecule has 0 saturated carbocycles. The molecule has 2 aliphatic rings. The van der Waals surface area contributed by atoms with Crippen molar-refractivity contribution in [3.8, 4) is 0 Å². The zero-order valence-corrected chi connectivity index (χ0v) is 12.8. The number of hydrogen-bond acceptors (Lipinski definition) is 5. The van der Waals surface area contributed by atoms with Gasteiger partial charge in [0, 0.05) is 19.6 Å². The lowest BCUT2D eigenvalue weighted by molar-refractivity contribution is -0.120. The van der Waals surface area contributed by atoms with Crippen molar-refractivity contribution in [2.75, 3.05) is 38.6 Å². The number of likely N-dealkylation sites (N-methyl/N-ethyl adjacent to an activating group) is 1. The van der Waals surface area contributed by atoms with Gasteiger partial charge in [-0.3, -0.25) is 0 Å². The Hall–Kier alpha value is -1.27. The smallest absolute Gasteiger partial charge is 0.225 e. The maximum Gasteiger partial charge on any atom is 0.225 e. The molecular weight excluding hydrogens is 271 g/mol. The molecule has 116 valence electrons. The van der Waals surface area contributed by atoms with Crippen molar-refractivity contribution < 1.29 is 9.13 Å². The molecule has 2 fully saturated rings. The predicted molar refractivity (Wildman–Crippen MR) is 78.8 cm³/mol. The van der Waals surface area contributed by atoms with E-state index < -0.39 is 5.82 Å². The van der Waals surface area contributed by atoms with Gasteiger partial charge in [-0.2, -0.15) is 0 Å². The molecule has 0 bridgehead atoms. The van der Waals surface area contributed by atoms with Gasteiger partial charge in [0.1, 0.15) is 0 Å². The summed E-state index contributed by atoms with van der Waals surface area (Å²) < 4.78 is 19.3. The summed E-state index contributed by atoms with van der Waals surface area (Å²) in [5.41, 5.74) is -0.0727. The van der Waals surface area contributed by atoms with E-state index in [1.54, 1.807) is 0 Å². The molecule has 0 radical (unpaired) electrons. The first-order valence-electron chi connectivity index (χ1n) is 7.61. The number of anilines is 1. The molecule has 1 spiro atoms. The van der Waals surface area contributed by atoms with E-state index in [-0.39, 0.29) is 5.60 Å². The van der Waals surface area contributed by atoms with Gasteiger partial charge in [0.2, 0.25) is 5.95 Å². The van der Waals surface area contributed by atoms with Crippen molar-refractivity contribution in [2.24, 2.45) is 0 Å². The van der Waals surface area contributed by atoms with E-state index in [9.17, 15) is 4.39 Å². The SMILES string of the molecule is CN(C)C[C@@H]1CCC[C@@]2(CCN(c3ncc(F)cn3)C2)O1. The average Bonchev–Trinajstić information content (AvgIpc) is 2.82. The van der Waals surface area contributed by atoms with Gasteiger partial charge >= 0.3 is 0 Å². The molecule has 2 atom stereocenters. The van der Waals surface area contributed by atoms with Crippen molar-refractivity contribution >= 4 is 5.95 Å². The zero-order valence-electron chi connectivity index (χ0n) is 12.8. The van der Waals surface area contributed by atoms with Crippen molar-refractivity contribution in [3.63, 3.8) is 0 Å². The van der Waals surface area contributed by atoms with E-state index in [0.717, 1.165) is 38.9 Å². The van der Waals surface area contributed by atoms with Crippen molar-refractivity contribution in [3.05, 3.63) is 18.2 Å². The fourth-order valence-corrected chi connectivity index (χ4v) is 3.44. The van der Waals surface area contributed by atoms with Gasteiger partial charge in [0.15, 0.2) is 5.82 Å². The highest BCUT2D eigenvalue weighted by atomic mass is 19.1. The quantitative estimate of drug-likeness (QED) is 0.848. The van der Waals surface area contributed by atoms with Crippen LogP contribution in [0.3, 0.4) is 0 Å². The van der Waals surface area contributed by atoms with Gasteiger partial charge in [0.25, 0.3) is 0 Å². The minimum Gasteiger partial charge on any atom is -0.369 e. The normalized spacial score (nSPS) is 29.5. The minimum atomic E-state index is -0.396. The highest BCUT2D eigenvalue weighted by Gasteiger charge is 2.43. The second-order valence-electron chi connectivity index (χ2n) is 6.45. The first-order chi connectivity index (χ1) is 10.1. The fourth-order valence-electron chi connectivity index (χ4n) is 3.44. The second kappa shape index (κ2) is 5.85. The molecule has 3 heterocycles. The van der Waals surface area contributed by atoms with Gasteiger partial charge in [-0.1, -0.05) is 0 Å². The Morgan fingerprint density at radius 2 is 2.14 bits per heavy atom. The minimum absolute atomic E-state index is 0.0727. The van der Waals surface area contributed by atoms with Crippen LogP contribution in [0.25, 0.3) is 0 Å². The van der Waals surface area contributed by atoms with Crippen molar-refractivity contribution in [1.82, 2.24) is 14.9 Å². The molecule has 0 unspecified atom stereocenters. The maximum atomic E-state index is 12.9. The van der Waals surface area contributed by atoms with E-state index in [1.807, 2.05) is 0 Å². The first-order valence-corrected chi connectivity index (χ1v) is 7.61. The van der Waals surface area contributed by atoms with Crippen LogP contribution in [0.4, 0.5) is 10.3 Å². The summed E-state index contributed by atoms with van der Waals surface area (Å²) >= 11 is 0. The van der Waals surface area contributed by atoms with Crippen molar-refractivity contribution in [1.29, 1.82) is 0 Å². The lowest BCUT2D eigenvalue weighted by Gasteiger charge is -2.39. The van der Waals surface area contributed by atoms with E-state index in [4.69, 9.17) is 4.74 Å². The van der Waals surface area contributed by atoms with Crippen LogP contribution >= 0.6 is 0 Å². The number of hydrogen-bond donors (Lipinski definition) is 0. The Morgan fingerprint density at radius 1 is 1.38 bits per heavy atom. The summed E-state index contributed by atoms with van der Waals surface area (Å²) in [6.07, 6.45) is 7.19. The molecule has 0 amide bonds. The number of rotatable bonds is 3. The molecule has 21 heavy (non-hydrogen) atoms. The molecular formula is C15H23FN4O. The van der Waals surface area contributed by atoms with Crippen LogP contribution in [-0.4, -0.2) is 60.3 Å². The van der Waals surface area contributed by atoms with Gasteiger partial charge < -0.3 is 14.5 Å². The Balaban J connectivity index is 1.66. The first kappa shape index (κ1) is 14.7. The molecule has 2 aliphatic heterocycles. The topological polar surface area (TPSA) is 41.5 Å². The lowest BCUT2D eigenvalue weighted by atomic mass is 9.90. The summed E-state index contributed by atoms with van der Waals surface area (Å²) in [5, 5.41) is 0. The van der Waals surface area contributed by atoms with Gasteiger partial charge in [-0.05, 0) is 39.8 Å². The summed E-state index contributed by atoms with van der Waals surface area (Å²) in [6, 6.07) is 0. The highest BCUT2D eigenvalue weighted by Crippen LogP contribution is 2.37. The third-order valence-corrected chi connectivity index (χ3v) is 4.35. The van der Waals surface area contributed by atoms with Crippen LogP contribution in [-0.2, 0) is 4.74 Å². The molecule has 5 nitrogen and oxygen atoms in total. The standard InChI is InChI=1S/C15H23FN4O/c1-19(2)10-13-4-3-5-15(21-13)6-7-20(11-15)14-17-8-12(16)9-18-14/h8-9,13H,3-7,10-11H2,1-2H3/t13-,15-/m0/s1. The van der Waals surface area contributed by atoms with Gasteiger partial charge in [-0.15, -0.1) is 0 Å². The van der Waals surface area contributed by atoms with Crippen LogP contribution in [0.2, 0.25) is 0 Å². The monoisotopic (exact) mass is 294 g/mol. The number of halogens is 1. The van der Waals surface area contributed by atoms with E-state index in [1.165, 1.54) is 18.8 Å². The van der Waals surface area contributed by atoms with Crippen LogP contribution in [0.15, 0.2) is 12.4 Å². The Kier molecular flexibility index (Phi) is 4.08. The largest absolute Gasteiger partial charge is 0.369 e. The summed E-state index contributed by atoms with van der Waals surface area (Å²) in [6.45, 7) is 2.65. The molecule has 1 aromatic heterocycles. The number of ether oxygens (including phenoxy) is 1. The predicted octanol–water partition coefficient (Wildman–Crippen LogP) is 1.70.